The predicted molar refractivity (Wildman–Crippen MR) is 55.4 cm³/mol. The van der Waals surface area contributed by atoms with Crippen LogP contribution in [0.1, 0.15) is 0 Å². The molecule has 0 spiro atoms. The Hall–Kier alpha value is -1.54. The molecule has 0 aliphatic carbocycles. The van der Waals surface area contributed by atoms with Gasteiger partial charge in [0.25, 0.3) is 0 Å². The van der Waals surface area contributed by atoms with Gasteiger partial charge >= 0.3 is 0 Å². The number of benzene rings is 1. The molecule has 1 heterocycles. The van der Waals surface area contributed by atoms with Crippen molar-refractivity contribution in [3.05, 3.63) is 57.9 Å². The van der Waals surface area contributed by atoms with E-state index in [1.807, 2.05) is 30.3 Å². The summed E-state index contributed by atoms with van der Waals surface area (Å²) in [5, 5.41) is 0.124. The molecule has 1 aromatic carbocycles. The molecule has 14 heavy (non-hydrogen) atoms. The van der Waals surface area contributed by atoms with Crippen LogP contribution < -0.4 is 5.43 Å². The molecule has 0 fully saturated rings. The van der Waals surface area contributed by atoms with Gasteiger partial charge < -0.3 is 4.42 Å². The van der Waals surface area contributed by atoms with E-state index in [1.165, 1.54) is 12.3 Å². The van der Waals surface area contributed by atoms with Gasteiger partial charge in [0.1, 0.15) is 5.02 Å². The second kappa shape index (κ2) is 3.68. The molecule has 2 nitrogen and oxygen atoms in total. The van der Waals surface area contributed by atoms with E-state index < -0.39 is 0 Å². The zero-order valence-corrected chi connectivity index (χ0v) is 7.99. The Labute approximate surface area is 85.8 Å². The summed E-state index contributed by atoms with van der Waals surface area (Å²) in [5.41, 5.74) is 0.576. The average Bonchev–Trinajstić information content (AvgIpc) is 2.23. The minimum atomic E-state index is -0.225. The topological polar surface area (TPSA) is 30.2 Å². The van der Waals surface area contributed by atoms with E-state index in [0.717, 1.165) is 5.56 Å². The number of halogens is 1. The molecule has 0 amide bonds. The molecule has 3 heteroatoms. The molecule has 2 aromatic rings. The van der Waals surface area contributed by atoms with Crippen molar-refractivity contribution in [2.75, 3.05) is 0 Å². The second-order valence-corrected chi connectivity index (χ2v) is 3.17. The Morgan fingerprint density at radius 2 is 1.79 bits per heavy atom. The van der Waals surface area contributed by atoms with Crippen molar-refractivity contribution >= 4 is 11.6 Å². The Morgan fingerprint density at radius 3 is 2.50 bits per heavy atom. The van der Waals surface area contributed by atoms with Gasteiger partial charge in [0, 0.05) is 11.6 Å². The van der Waals surface area contributed by atoms with E-state index in [2.05, 4.69) is 0 Å². The van der Waals surface area contributed by atoms with Crippen LogP contribution in [-0.2, 0) is 0 Å². The largest absolute Gasteiger partial charge is 0.463 e. The number of hydrogen-bond acceptors (Lipinski definition) is 2. The summed E-state index contributed by atoms with van der Waals surface area (Å²) < 4.78 is 5.19. The third-order valence-electron chi connectivity index (χ3n) is 1.86. The van der Waals surface area contributed by atoms with Gasteiger partial charge in [-0.15, -0.1) is 0 Å². The molecule has 0 radical (unpaired) electrons. The summed E-state index contributed by atoms with van der Waals surface area (Å²) in [5.74, 6) is 0.416. The molecule has 0 saturated carbocycles. The quantitative estimate of drug-likeness (QED) is 0.718. The van der Waals surface area contributed by atoms with Crippen LogP contribution in [0.25, 0.3) is 11.3 Å². The molecule has 0 bridgehead atoms. The van der Waals surface area contributed by atoms with Crippen molar-refractivity contribution < 1.29 is 4.42 Å². The first-order valence-corrected chi connectivity index (χ1v) is 4.49. The Morgan fingerprint density at radius 1 is 1.07 bits per heavy atom. The summed E-state index contributed by atoms with van der Waals surface area (Å²) in [6.07, 6.45) is 1.34. The Bertz CT molecular complexity index is 488. The van der Waals surface area contributed by atoms with Crippen molar-refractivity contribution in [1.82, 2.24) is 0 Å². The third kappa shape index (κ3) is 1.56. The SMILES string of the molecule is O=c1ccoc(-c2ccccc2)c1Cl. The average molecular weight is 207 g/mol. The first-order chi connectivity index (χ1) is 6.79. The van der Waals surface area contributed by atoms with E-state index >= 15 is 0 Å². The van der Waals surface area contributed by atoms with Crippen LogP contribution in [0.3, 0.4) is 0 Å². The van der Waals surface area contributed by atoms with Crippen LogP contribution >= 0.6 is 11.6 Å². The lowest BCUT2D eigenvalue weighted by Gasteiger charge is -2.00. The highest BCUT2D eigenvalue weighted by Crippen LogP contribution is 2.23. The Balaban J connectivity index is 2.64. The van der Waals surface area contributed by atoms with Crippen molar-refractivity contribution in [2.45, 2.75) is 0 Å². The molecule has 0 saturated heterocycles. The fraction of sp³-hybridized carbons (Fsp3) is 0. The molecule has 0 unspecified atom stereocenters. The van der Waals surface area contributed by atoms with Crippen molar-refractivity contribution in [3.8, 4) is 11.3 Å². The summed E-state index contributed by atoms with van der Waals surface area (Å²) >= 11 is 5.82. The van der Waals surface area contributed by atoms with Crippen LogP contribution in [0, 0.1) is 0 Å². The van der Waals surface area contributed by atoms with Gasteiger partial charge in [-0.3, -0.25) is 4.79 Å². The molecular formula is C11H7ClO2. The predicted octanol–water partition coefficient (Wildman–Crippen LogP) is 2.96. The van der Waals surface area contributed by atoms with Crippen LogP contribution in [0.2, 0.25) is 5.02 Å². The fourth-order valence-corrected chi connectivity index (χ4v) is 1.40. The van der Waals surface area contributed by atoms with E-state index in [4.69, 9.17) is 16.0 Å². The maximum absolute atomic E-state index is 11.2. The second-order valence-electron chi connectivity index (χ2n) is 2.79. The van der Waals surface area contributed by atoms with Crippen LogP contribution in [0.15, 0.2) is 51.9 Å². The fourth-order valence-electron chi connectivity index (χ4n) is 1.18. The van der Waals surface area contributed by atoms with Crippen molar-refractivity contribution in [3.63, 3.8) is 0 Å². The molecule has 70 valence electrons. The van der Waals surface area contributed by atoms with Gasteiger partial charge in [0.15, 0.2) is 5.76 Å². The van der Waals surface area contributed by atoms with Crippen molar-refractivity contribution in [1.29, 1.82) is 0 Å². The monoisotopic (exact) mass is 206 g/mol. The lowest BCUT2D eigenvalue weighted by atomic mass is 10.1. The molecular weight excluding hydrogens is 200 g/mol. The van der Waals surface area contributed by atoms with E-state index in [0.29, 0.717) is 5.76 Å². The standard InChI is InChI=1S/C11H7ClO2/c12-10-9(13)6-7-14-11(10)8-4-2-1-3-5-8/h1-7H. The van der Waals surface area contributed by atoms with Gasteiger partial charge in [-0.05, 0) is 0 Å². The van der Waals surface area contributed by atoms with E-state index in [9.17, 15) is 4.79 Å². The number of hydrogen-bond donors (Lipinski definition) is 0. The molecule has 0 atom stereocenters. The zero-order chi connectivity index (χ0) is 9.97. The van der Waals surface area contributed by atoms with Crippen LogP contribution in [0.4, 0.5) is 0 Å². The molecule has 1 aromatic heterocycles. The van der Waals surface area contributed by atoms with E-state index in [1.54, 1.807) is 0 Å². The lowest BCUT2D eigenvalue weighted by molar-refractivity contribution is 0.564. The van der Waals surface area contributed by atoms with Gasteiger partial charge in [0.05, 0.1) is 6.26 Å². The van der Waals surface area contributed by atoms with Crippen LogP contribution in [0.5, 0.6) is 0 Å². The molecule has 0 aliphatic heterocycles. The van der Waals surface area contributed by atoms with E-state index in [-0.39, 0.29) is 10.5 Å². The summed E-state index contributed by atoms with van der Waals surface area (Å²) in [6, 6.07) is 10.6. The minimum absolute atomic E-state index is 0.124. The first kappa shape index (κ1) is 9.03. The highest BCUT2D eigenvalue weighted by Gasteiger charge is 2.07. The summed E-state index contributed by atoms with van der Waals surface area (Å²) in [4.78, 5) is 11.2. The van der Waals surface area contributed by atoms with Gasteiger partial charge in [-0.2, -0.15) is 0 Å². The third-order valence-corrected chi connectivity index (χ3v) is 2.21. The Kier molecular flexibility index (Phi) is 2.37. The smallest absolute Gasteiger partial charge is 0.204 e. The molecule has 0 aliphatic rings. The van der Waals surface area contributed by atoms with Gasteiger partial charge in [-0.25, -0.2) is 0 Å². The maximum atomic E-state index is 11.2. The zero-order valence-electron chi connectivity index (χ0n) is 7.24. The maximum Gasteiger partial charge on any atom is 0.204 e. The van der Waals surface area contributed by atoms with Gasteiger partial charge in [0.2, 0.25) is 5.43 Å². The lowest BCUT2D eigenvalue weighted by Crippen LogP contribution is -1.99. The van der Waals surface area contributed by atoms with Crippen LogP contribution in [-0.4, -0.2) is 0 Å². The first-order valence-electron chi connectivity index (χ1n) is 4.12. The number of rotatable bonds is 1. The normalized spacial score (nSPS) is 10.1. The highest BCUT2D eigenvalue weighted by molar-refractivity contribution is 6.32. The summed E-state index contributed by atoms with van der Waals surface area (Å²) in [7, 11) is 0. The molecule has 0 N–H and O–H groups in total. The van der Waals surface area contributed by atoms with Crippen molar-refractivity contribution in [2.24, 2.45) is 0 Å². The molecule has 2 rings (SSSR count). The van der Waals surface area contributed by atoms with Gasteiger partial charge in [-0.1, -0.05) is 41.9 Å². The minimum Gasteiger partial charge on any atom is -0.463 e. The summed E-state index contributed by atoms with van der Waals surface area (Å²) in [6.45, 7) is 0. The highest BCUT2D eigenvalue weighted by atomic mass is 35.5.